The smallest absolute Gasteiger partial charge is 0.335 e. The van der Waals surface area contributed by atoms with Gasteiger partial charge in [-0.05, 0) is 55.2 Å². The highest BCUT2D eigenvalue weighted by atomic mass is 19.1. The second-order valence-electron chi connectivity index (χ2n) is 7.10. The van der Waals surface area contributed by atoms with Crippen molar-refractivity contribution in [2.45, 2.75) is 19.3 Å². The minimum atomic E-state index is -1.17. The summed E-state index contributed by atoms with van der Waals surface area (Å²) in [5.41, 5.74) is -0.275. The van der Waals surface area contributed by atoms with E-state index in [1.54, 1.807) is 12.1 Å². The number of rotatable bonds is 5. The zero-order valence-electron chi connectivity index (χ0n) is 15.1. The Morgan fingerprint density at radius 1 is 1.04 bits per heavy atom. The van der Waals surface area contributed by atoms with Gasteiger partial charge in [-0.2, -0.15) is 0 Å². The summed E-state index contributed by atoms with van der Waals surface area (Å²) in [6, 6.07) is 11.4. The number of carbonyl (C=O) groups excluding carboxylic acids is 1. The van der Waals surface area contributed by atoms with E-state index in [-0.39, 0.29) is 24.1 Å². The Morgan fingerprint density at radius 2 is 1.71 bits per heavy atom. The van der Waals surface area contributed by atoms with Crippen LogP contribution in [-0.4, -0.2) is 46.0 Å². The van der Waals surface area contributed by atoms with Crippen LogP contribution < -0.4 is 0 Å². The fourth-order valence-corrected chi connectivity index (χ4v) is 3.66. The van der Waals surface area contributed by atoms with Crippen LogP contribution in [0.5, 0.6) is 0 Å². The van der Waals surface area contributed by atoms with Gasteiger partial charge in [-0.1, -0.05) is 18.2 Å². The molecule has 0 bridgehead atoms. The lowest BCUT2D eigenvalue weighted by molar-refractivity contribution is -0.151. The summed E-state index contributed by atoms with van der Waals surface area (Å²) < 4.78 is 13.2. The Labute approximate surface area is 161 Å². The van der Waals surface area contributed by atoms with Gasteiger partial charge in [0, 0.05) is 18.7 Å². The van der Waals surface area contributed by atoms with Crippen LogP contribution in [0.15, 0.2) is 48.5 Å². The summed E-state index contributed by atoms with van der Waals surface area (Å²) in [5.74, 6) is -2.93. The summed E-state index contributed by atoms with van der Waals surface area (Å²) in [4.78, 5) is 37.6. The second kappa shape index (κ2) is 7.80. The summed E-state index contributed by atoms with van der Waals surface area (Å²) in [5, 5.41) is 19.0. The highest BCUT2D eigenvalue weighted by Crippen LogP contribution is 2.35. The number of hydrogen-bond donors (Lipinski definition) is 2. The van der Waals surface area contributed by atoms with Crippen LogP contribution >= 0.6 is 0 Å². The van der Waals surface area contributed by atoms with Gasteiger partial charge in [0.1, 0.15) is 5.82 Å². The van der Waals surface area contributed by atoms with E-state index in [9.17, 15) is 23.9 Å². The lowest BCUT2D eigenvalue weighted by Crippen LogP contribution is -2.51. The lowest BCUT2D eigenvalue weighted by atomic mass is 9.75. The highest BCUT2D eigenvalue weighted by molar-refractivity contribution is 5.97. The average molecular weight is 385 g/mol. The Balaban J connectivity index is 1.84. The molecule has 1 aliphatic rings. The van der Waals surface area contributed by atoms with Crippen LogP contribution in [0.1, 0.15) is 39.1 Å². The third-order valence-corrected chi connectivity index (χ3v) is 5.13. The van der Waals surface area contributed by atoms with E-state index in [1.807, 2.05) is 0 Å². The number of amides is 1. The van der Waals surface area contributed by atoms with Crippen LogP contribution in [-0.2, 0) is 11.2 Å². The van der Waals surface area contributed by atoms with Gasteiger partial charge in [-0.3, -0.25) is 9.59 Å². The summed E-state index contributed by atoms with van der Waals surface area (Å²) in [6.45, 7) is 0.407. The molecule has 2 N–H and O–H groups in total. The molecule has 0 radical (unpaired) electrons. The Morgan fingerprint density at radius 3 is 2.36 bits per heavy atom. The molecule has 0 saturated carbocycles. The molecule has 2 aromatic rings. The molecule has 1 amide bonds. The van der Waals surface area contributed by atoms with Crippen molar-refractivity contribution >= 4 is 17.8 Å². The molecule has 3 rings (SSSR count). The third-order valence-electron chi connectivity index (χ3n) is 5.13. The van der Waals surface area contributed by atoms with E-state index >= 15 is 0 Å². The highest BCUT2D eigenvalue weighted by Gasteiger charge is 2.43. The molecular formula is C21H20FNO5. The van der Waals surface area contributed by atoms with E-state index in [0.717, 1.165) is 0 Å². The van der Waals surface area contributed by atoms with Crippen molar-refractivity contribution < 1.29 is 29.0 Å². The number of carboxylic acids is 2. The number of hydrogen-bond acceptors (Lipinski definition) is 3. The van der Waals surface area contributed by atoms with Crippen molar-refractivity contribution in [3.63, 3.8) is 0 Å². The molecule has 0 aromatic heterocycles. The normalized spacial score (nSPS) is 19.2. The lowest BCUT2D eigenvalue weighted by Gasteiger charge is -2.40. The first kappa shape index (κ1) is 19.5. The monoisotopic (exact) mass is 385 g/mol. The predicted molar refractivity (Wildman–Crippen MR) is 98.7 cm³/mol. The van der Waals surface area contributed by atoms with Crippen LogP contribution in [0.3, 0.4) is 0 Å². The standard InChI is InChI=1S/C21H20FNO5/c22-17-7-5-14(6-8-17)12-21(20(27)28)9-2-10-23(13-21)18(24)15-3-1-4-16(11-15)19(25)26/h1,3-8,11H,2,9-10,12-13H2,(H,25,26)(H,27,28)/t21-/m1/s1. The van der Waals surface area contributed by atoms with Gasteiger partial charge in [0.2, 0.25) is 0 Å². The number of carboxylic acid groups (broad SMARTS) is 2. The topological polar surface area (TPSA) is 94.9 Å². The maximum atomic E-state index is 13.2. The van der Waals surface area contributed by atoms with Crippen LogP contribution in [0.4, 0.5) is 4.39 Å². The zero-order chi connectivity index (χ0) is 20.3. The van der Waals surface area contributed by atoms with E-state index in [2.05, 4.69) is 0 Å². The maximum Gasteiger partial charge on any atom is 0.335 e. The Bertz CT molecular complexity index is 911. The molecule has 0 unspecified atom stereocenters. The molecule has 0 aliphatic carbocycles. The van der Waals surface area contributed by atoms with Crippen LogP contribution in [0.25, 0.3) is 0 Å². The molecule has 146 valence electrons. The minimum Gasteiger partial charge on any atom is -0.481 e. The predicted octanol–water partition coefficient (Wildman–Crippen LogP) is 3.07. The van der Waals surface area contributed by atoms with E-state index in [0.29, 0.717) is 24.9 Å². The molecule has 1 fully saturated rings. The van der Waals surface area contributed by atoms with Gasteiger partial charge in [-0.15, -0.1) is 0 Å². The van der Waals surface area contributed by atoms with Gasteiger partial charge >= 0.3 is 11.9 Å². The minimum absolute atomic E-state index is 0.00123. The SMILES string of the molecule is O=C(O)c1cccc(C(=O)N2CCC[C@](Cc3ccc(F)cc3)(C(=O)O)C2)c1. The fraction of sp³-hybridized carbons (Fsp3) is 0.286. The summed E-state index contributed by atoms with van der Waals surface area (Å²) >= 11 is 0. The molecule has 0 spiro atoms. The number of piperidine rings is 1. The van der Waals surface area contributed by atoms with Crippen molar-refractivity contribution in [2.75, 3.05) is 13.1 Å². The molecule has 1 saturated heterocycles. The molecule has 1 aliphatic heterocycles. The maximum absolute atomic E-state index is 13.2. The second-order valence-corrected chi connectivity index (χ2v) is 7.10. The van der Waals surface area contributed by atoms with Crippen molar-refractivity contribution in [1.82, 2.24) is 4.90 Å². The van der Waals surface area contributed by atoms with E-state index < -0.39 is 29.1 Å². The molecule has 1 heterocycles. The summed E-state index contributed by atoms with van der Waals surface area (Å²) in [6.07, 6.45) is 1.10. The van der Waals surface area contributed by atoms with Crippen molar-refractivity contribution in [2.24, 2.45) is 5.41 Å². The summed E-state index contributed by atoms with van der Waals surface area (Å²) in [7, 11) is 0. The number of aliphatic carboxylic acids is 1. The van der Waals surface area contributed by atoms with Crippen molar-refractivity contribution in [1.29, 1.82) is 0 Å². The van der Waals surface area contributed by atoms with E-state index in [1.165, 1.54) is 41.3 Å². The number of aromatic carboxylic acids is 1. The fourth-order valence-electron chi connectivity index (χ4n) is 3.66. The van der Waals surface area contributed by atoms with Crippen molar-refractivity contribution in [3.05, 3.63) is 71.0 Å². The van der Waals surface area contributed by atoms with Gasteiger partial charge in [-0.25, -0.2) is 9.18 Å². The molecular weight excluding hydrogens is 365 g/mol. The Kier molecular flexibility index (Phi) is 5.44. The third kappa shape index (κ3) is 4.03. The average Bonchev–Trinajstić information content (AvgIpc) is 2.69. The number of benzene rings is 2. The van der Waals surface area contributed by atoms with Gasteiger partial charge < -0.3 is 15.1 Å². The van der Waals surface area contributed by atoms with Gasteiger partial charge in [0.15, 0.2) is 0 Å². The number of likely N-dealkylation sites (tertiary alicyclic amines) is 1. The van der Waals surface area contributed by atoms with Crippen molar-refractivity contribution in [3.8, 4) is 0 Å². The molecule has 2 aromatic carbocycles. The zero-order valence-corrected chi connectivity index (χ0v) is 15.1. The Hall–Kier alpha value is -3.22. The van der Waals surface area contributed by atoms with Gasteiger partial charge in [0.05, 0.1) is 11.0 Å². The molecule has 7 heteroatoms. The first-order chi connectivity index (χ1) is 13.3. The quantitative estimate of drug-likeness (QED) is 0.825. The molecule has 1 atom stereocenters. The largest absolute Gasteiger partial charge is 0.481 e. The number of nitrogens with zero attached hydrogens (tertiary/aromatic N) is 1. The molecule has 28 heavy (non-hydrogen) atoms. The van der Waals surface area contributed by atoms with Gasteiger partial charge in [0.25, 0.3) is 5.91 Å². The first-order valence-corrected chi connectivity index (χ1v) is 8.91. The van der Waals surface area contributed by atoms with Crippen LogP contribution in [0.2, 0.25) is 0 Å². The first-order valence-electron chi connectivity index (χ1n) is 8.91. The molecule has 6 nitrogen and oxygen atoms in total. The number of halogens is 1. The van der Waals surface area contributed by atoms with Crippen LogP contribution in [0, 0.1) is 11.2 Å². The van der Waals surface area contributed by atoms with E-state index in [4.69, 9.17) is 5.11 Å². The number of carbonyl (C=O) groups is 3.